The second-order valence-corrected chi connectivity index (χ2v) is 9.80. The van der Waals surface area contributed by atoms with Crippen LogP contribution in [0.4, 0.5) is 4.39 Å². The van der Waals surface area contributed by atoms with E-state index < -0.39 is 18.2 Å². The van der Waals surface area contributed by atoms with Gasteiger partial charge < -0.3 is 25.2 Å². The Balaban J connectivity index is 1.39. The van der Waals surface area contributed by atoms with E-state index in [1.807, 2.05) is 11.0 Å². The van der Waals surface area contributed by atoms with E-state index in [-0.39, 0.29) is 36.3 Å². The van der Waals surface area contributed by atoms with Crippen LogP contribution in [0, 0.1) is 5.82 Å². The number of nitrogens with zero attached hydrogens (tertiary/aromatic N) is 1. The molecule has 5 atom stereocenters. The first-order valence-electron chi connectivity index (χ1n) is 12.6. The van der Waals surface area contributed by atoms with Gasteiger partial charge in [0.05, 0.1) is 30.4 Å². The van der Waals surface area contributed by atoms with E-state index >= 15 is 0 Å². The standard InChI is InChI=1S/C27H32FN3O5/c28-18-7-5-17(6-8-18)15-31-16-19-13-22(31)27(34)29-14-25-23(32)10-9-20(36-25)11-12-35-24-4-2-1-3-21(24)26(33)30-19/h1-8,19-20,22-23,25,32H,9-16H2,(H,29,34)(H,30,33)/t19-,20-,22-,23-,25+/m0/s1. The summed E-state index contributed by atoms with van der Waals surface area (Å²) >= 11 is 0. The lowest BCUT2D eigenvalue weighted by Gasteiger charge is -2.34. The third-order valence-electron chi connectivity index (χ3n) is 7.23. The van der Waals surface area contributed by atoms with Gasteiger partial charge in [0.15, 0.2) is 0 Å². The highest BCUT2D eigenvalue weighted by Gasteiger charge is 2.39. The third kappa shape index (κ3) is 5.69. The number of nitrogens with one attached hydrogen (secondary N) is 2. The predicted octanol–water partition coefficient (Wildman–Crippen LogP) is 2.01. The fraction of sp³-hybridized carbons (Fsp3) is 0.481. The molecule has 0 aromatic heterocycles. The summed E-state index contributed by atoms with van der Waals surface area (Å²) in [6.07, 6.45) is 1.10. The number of aliphatic hydroxyl groups is 1. The smallest absolute Gasteiger partial charge is 0.255 e. The molecule has 3 N–H and O–H groups in total. The number of amides is 2. The molecule has 5 rings (SSSR count). The number of hydrogen-bond donors (Lipinski definition) is 3. The lowest BCUT2D eigenvalue weighted by molar-refractivity contribution is -0.133. The Morgan fingerprint density at radius 3 is 2.69 bits per heavy atom. The number of para-hydroxylation sites is 1. The van der Waals surface area contributed by atoms with Crippen LogP contribution in [0.2, 0.25) is 0 Å². The molecule has 3 heterocycles. The summed E-state index contributed by atoms with van der Waals surface area (Å²) in [5, 5.41) is 16.5. The molecule has 9 heteroatoms. The van der Waals surface area contributed by atoms with Crippen LogP contribution in [0.25, 0.3) is 0 Å². The second-order valence-electron chi connectivity index (χ2n) is 9.80. The molecule has 0 unspecified atom stereocenters. The quantitative estimate of drug-likeness (QED) is 0.587. The Bertz CT molecular complexity index is 1080. The van der Waals surface area contributed by atoms with Crippen LogP contribution in [-0.4, -0.2) is 71.9 Å². The van der Waals surface area contributed by atoms with Crippen molar-refractivity contribution >= 4 is 11.8 Å². The summed E-state index contributed by atoms with van der Waals surface area (Å²) < 4.78 is 25.5. The van der Waals surface area contributed by atoms with Gasteiger partial charge in [0, 0.05) is 32.1 Å². The number of carbonyl (C=O) groups is 2. The van der Waals surface area contributed by atoms with Crippen molar-refractivity contribution < 1.29 is 28.6 Å². The molecule has 0 radical (unpaired) electrons. The summed E-state index contributed by atoms with van der Waals surface area (Å²) in [6, 6.07) is 12.6. The number of halogens is 1. The molecule has 2 amide bonds. The highest BCUT2D eigenvalue weighted by molar-refractivity contribution is 5.97. The largest absolute Gasteiger partial charge is 0.493 e. The molecule has 0 aliphatic carbocycles. The minimum absolute atomic E-state index is 0.102. The molecule has 192 valence electrons. The molecule has 36 heavy (non-hydrogen) atoms. The monoisotopic (exact) mass is 497 g/mol. The van der Waals surface area contributed by atoms with Crippen LogP contribution in [0.3, 0.4) is 0 Å². The molecular weight excluding hydrogens is 465 g/mol. The van der Waals surface area contributed by atoms with Crippen molar-refractivity contribution in [1.29, 1.82) is 0 Å². The third-order valence-corrected chi connectivity index (χ3v) is 7.23. The molecule has 8 nitrogen and oxygen atoms in total. The van der Waals surface area contributed by atoms with Gasteiger partial charge in [0.1, 0.15) is 17.7 Å². The lowest BCUT2D eigenvalue weighted by atomic mass is 9.99. The zero-order chi connectivity index (χ0) is 25.1. The Kier molecular flexibility index (Phi) is 7.50. The van der Waals surface area contributed by atoms with E-state index in [1.54, 1.807) is 30.3 Å². The number of rotatable bonds is 2. The van der Waals surface area contributed by atoms with Gasteiger partial charge >= 0.3 is 0 Å². The summed E-state index contributed by atoms with van der Waals surface area (Å²) in [5.74, 6) is -0.239. The maximum atomic E-state index is 13.4. The van der Waals surface area contributed by atoms with Gasteiger partial charge in [0.25, 0.3) is 5.91 Å². The number of fused-ring (bicyclic) bond motifs is 5. The normalized spacial score (nSPS) is 29.6. The molecule has 4 bridgehead atoms. The lowest BCUT2D eigenvalue weighted by Crippen LogP contribution is -2.50. The van der Waals surface area contributed by atoms with Crippen LogP contribution in [-0.2, 0) is 16.1 Å². The average molecular weight is 498 g/mol. The fourth-order valence-corrected chi connectivity index (χ4v) is 5.29. The molecule has 3 aliphatic heterocycles. The number of likely N-dealkylation sites (tertiary alicyclic amines) is 1. The Hall–Kier alpha value is -3.01. The van der Waals surface area contributed by atoms with Crippen molar-refractivity contribution in [3.8, 4) is 5.75 Å². The number of carbonyl (C=O) groups excluding carboxylic acids is 2. The van der Waals surface area contributed by atoms with Crippen molar-refractivity contribution in [2.24, 2.45) is 0 Å². The van der Waals surface area contributed by atoms with Gasteiger partial charge in [-0.2, -0.15) is 0 Å². The summed E-state index contributed by atoms with van der Waals surface area (Å²) in [5.41, 5.74) is 1.32. The van der Waals surface area contributed by atoms with Crippen LogP contribution in [0.1, 0.15) is 41.6 Å². The Labute approximate surface area is 209 Å². The van der Waals surface area contributed by atoms with Crippen molar-refractivity contribution in [2.45, 2.75) is 62.6 Å². The predicted molar refractivity (Wildman–Crippen MR) is 130 cm³/mol. The number of benzene rings is 2. The van der Waals surface area contributed by atoms with Gasteiger partial charge in [-0.15, -0.1) is 0 Å². The van der Waals surface area contributed by atoms with E-state index in [2.05, 4.69) is 10.6 Å². The van der Waals surface area contributed by atoms with Crippen molar-refractivity contribution in [3.63, 3.8) is 0 Å². The van der Waals surface area contributed by atoms with Crippen LogP contribution >= 0.6 is 0 Å². The Morgan fingerprint density at radius 2 is 1.86 bits per heavy atom. The van der Waals surface area contributed by atoms with Gasteiger partial charge in [-0.05, 0) is 49.1 Å². The van der Waals surface area contributed by atoms with Crippen molar-refractivity contribution in [1.82, 2.24) is 15.5 Å². The van der Waals surface area contributed by atoms with E-state index in [1.165, 1.54) is 12.1 Å². The van der Waals surface area contributed by atoms with Gasteiger partial charge in [-0.3, -0.25) is 14.5 Å². The van der Waals surface area contributed by atoms with Gasteiger partial charge in [0.2, 0.25) is 5.91 Å². The maximum Gasteiger partial charge on any atom is 0.255 e. The van der Waals surface area contributed by atoms with Crippen molar-refractivity contribution in [3.05, 3.63) is 65.5 Å². The topological polar surface area (TPSA) is 100 Å². The first kappa shape index (κ1) is 24.7. The zero-order valence-electron chi connectivity index (χ0n) is 20.1. The first-order chi connectivity index (χ1) is 17.5. The average Bonchev–Trinajstić information content (AvgIpc) is 3.27. The molecule has 2 saturated heterocycles. The van der Waals surface area contributed by atoms with E-state index in [0.29, 0.717) is 56.7 Å². The van der Waals surface area contributed by atoms with Crippen molar-refractivity contribution in [2.75, 3.05) is 19.7 Å². The fourth-order valence-electron chi connectivity index (χ4n) is 5.29. The minimum Gasteiger partial charge on any atom is -0.493 e. The zero-order valence-corrected chi connectivity index (χ0v) is 20.1. The molecule has 2 aromatic carbocycles. The van der Waals surface area contributed by atoms with Gasteiger partial charge in [-0.25, -0.2) is 4.39 Å². The van der Waals surface area contributed by atoms with E-state index in [0.717, 1.165) is 5.56 Å². The number of ether oxygens (including phenoxy) is 2. The van der Waals surface area contributed by atoms with Crippen LogP contribution < -0.4 is 15.4 Å². The van der Waals surface area contributed by atoms with Gasteiger partial charge in [-0.1, -0.05) is 24.3 Å². The van der Waals surface area contributed by atoms with E-state index in [4.69, 9.17) is 9.47 Å². The molecular formula is C27H32FN3O5. The SMILES string of the molecule is O=C1N[C@H]2C[C@@H](C(=O)NC[C@H]3O[C@H](CCOc4ccccc41)CC[C@@H]3O)N(Cc1ccc(F)cc1)C2. The highest BCUT2D eigenvalue weighted by atomic mass is 19.1. The van der Waals surface area contributed by atoms with E-state index in [9.17, 15) is 19.1 Å². The summed E-state index contributed by atoms with van der Waals surface area (Å²) in [4.78, 5) is 28.5. The first-order valence-corrected chi connectivity index (χ1v) is 12.6. The number of hydrogen-bond acceptors (Lipinski definition) is 6. The van der Waals surface area contributed by atoms with Crippen LogP contribution in [0.15, 0.2) is 48.5 Å². The molecule has 0 spiro atoms. The molecule has 2 aromatic rings. The minimum atomic E-state index is -0.645. The summed E-state index contributed by atoms with van der Waals surface area (Å²) in [7, 11) is 0. The highest BCUT2D eigenvalue weighted by Crippen LogP contribution is 2.26. The van der Waals surface area contributed by atoms with Crippen LogP contribution in [0.5, 0.6) is 5.75 Å². The second kappa shape index (κ2) is 10.9. The molecule has 0 saturated carbocycles. The molecule has 3 aliphatic rings. The Morgan fingerprint density at radius 1 is 1.06 bits per heavy atom. The summed E-state index contributed by atoms with van der Waals surface area (Å²) in [6.45, 7) is 1.49. The molecule has 2 fully saturated rings. The maximum absolute atomic E-state index is 13.4. The number of aliphatic hydroxyl groups excluding tert-OH is 1.